The summed E-state index contributed by atoms with van der Waals surface area (Å²) in [5.74, 6) is -0.611. The van der Waals surface area contributed by atoms with Gasteiger partial charge in [0, 0.05) is 11.1 Å². The highest BCUT2D eigenvalue weighted by Crippen LogP contribution is 2.31. The van der Waals surface area contributed by atoms with E-state index in [-0.39, 0.29) is 11.6 Å². The van der Waals surface area contributed by atoms with Gasteiger partial charge in [-0.15, -0.1) is 0 Å². The topological polar surface area (TPSA) is 0 Å². The molecule has 0 N–H and O–H groups in total. The van der Waals surface area contributed by atoms with Gasteiger partial charge in [0.15, 0.2) is 0 Å². The summed E-state index contributed by atoms with van der Waals surface area (Å²) in [5, 5.41) is 0. The van der Waals surface area contributed by atoms with Gasteiger partial charge in [-0.2, -0.15) is 0 Å². The van der Waals surface area contributed by atoms with Gasteiger partial charge in [0.05, 0.1) is 0 Å². The van der Waals surface area contributed by atoms with Gasteiger partial charge < -0.3 is 0 Å². The molecule has 0 heterocycles. The summed E-state index contributed by atoms with van der Waals surface area (Å²) in [7, 11) is 0. The maximum Gasteiger partial charge on any atom is 0.131 e. The van der Waals surface area contributed by atoms with Crippen LogP contribution >= 0.6 is 0 Å². The quantitative estimate of drug-likeness (QED) is 0.588. The Morgan fingerprint density at radius 3 is 1.90 bits per heavy atom. The maximum atomic E-state index is 14.0. The Bertz CT molecular complexity index is 791. The summed E-state index contributed by atoms with van der Waals surface area (Å²) < 4.78 is 27.9. The monoisotopic (exact) mass is 279 g/mol. The molecule has 0 nitrogen and oxygen atoms in total. The van der Waals surface area contributed by atoms with Gasteiger partial charge in [-0.3, -0.25) is 0 Å². The largest absolute Gasteiger partial charge is 0.206 e. The van der Waals surface area contributed by atoms with Gasteiger partial charge in [-0.05, 0) is 41.8 Å². The van der Waals surface area contributed by atoms with Crippen LogP contribution in [0.15, 0.2) is 60.7 Å². The van der Waals surface area contributed by atoms with Crippen LogP contribution < -0.4 is 0 Å². The molecule has 0 amide bonds. The summed E-state index contributed by atoms with van der Waals surface area (Å²) in [6.45, 7) is 1.89. The Labute approximate surface area is 122 Å². The first-order valence-electron chi connectivity index (χ1n) is 6.69. The second-order valence-corrected chi connectivity index (χ2v) is 4.89. The highest BCUT2D eigenvalue weighted by Gasteiger charge is 2.11. The van der Waals surface area contributed by atoms with Crippen LogP contribution in [-0.2, 0) is 0 Å². The van der Waals surface area contributed by atoms with Crippen molar-refractivity contribution in [2.24, 2.45) is 0 Å². The molecule has 3 aromatic rings. The minimum Gasteiger partial charge on any atom is -0.206 e. The molecule has 103 valence electrons. The van der Waals surface area contributed by atoms with Crippen molar-refractivity contribution < 1.29 is 8.78 Å². The van der Waals surface area contributed by atoms with Crippen molar-refractivity contribution in [1.82, 2.24) is 0 Å². The first-order valence-corrected chi connectivity index (χ1v) is 6.69. The van der Waals surface area contributed by atoms with Crippen LogP contribution in [0.2, 0.25) is 0 Å². The minimum absolute atomic E-state index is 0.303. The third-order valence-electron chi connectivity index (χ3n) is 3.46. The van der Waals surface area contributed by atoms with Gasteiger partial charge in [0.25, 0.3) is 0 Å². The Morgan fingerprint density at radius 1 is 0.714 bits per heavy atom. The molecule has 0 aromatic heterocycles. The van der Waals surface area contributed by atoms with E-state index in [0.717, 1.165) is 5.56 Å². The molecule has 3 rings (SSSR count). The first kappa shape index (κ1) is 13.5. The molecule has 0 saturated heterocycles. The predicted octanol–water partition coefficient (Wildman–Crippen LogP) is 5.41. The molecule has 0 unspecified atom stereocenters. The summed E-state index contributed by atoms with van der Waals surface area (Å²) in [5.41, 5.74) is 3.13. The van der Waals surface area contributed by atoms with Crippen molar-refractivity contribution >= 4 is 0 Å². The zero-order chi connectivity index (χ0) is 14.8. The molecule has 0 bridgehead atoms. The molecule has 2 heteroatoms. The summed E-state index contributed by atoms with van der Waals surface area (Å²) in [4.78, 5) is 0. The lowest BCUT2D eigenvalue weighted by molar-refractivity contribution is 0.631. The predicted molar refractivity (Wildman–Crippen MR) is 80.8 cm³/mol. The number of aryl methyl sites for hydroxylation is 1. The van der Waals surface area contributed by atoms with E-state index >= 15 is 0 Å². The third kappa shape index (κ3) is 2.57. The number of halogens is 2. The molecule has 0 spiro atoms. The second-order valence-electron chi connectivity index (χ2n) is 4.89. The van der Waals surface area contributed by atoms with E-state index in [2.05, 4.69) is 6.07 Å². The highest BCUT2D eigenvalue weighted by molar-refractivity contribution is 5.75. The smallest absolute Gasteiger partial charge is 0.131 e. The van der Waals surface area contributed by atoms with Gasteiger partial charge in [-0.25, -0.2) is 8.78 Å². The van der Waals surface area contributed by atoms with Crippen LogP contribution in [0.3, 0.4) is 0 Å². The van der Waals surface area contributed by atoms with Crippen LogP contribution in [0.5, 0.6) is 0 Å². The molecule has 3 aromatic carbocycles. The van der Waals surface area contributed by atoms with E-state index < -0.39 is 0 Å². The van der Waals surface area contributed by atoms with Gasteiger partial charge >= 0.3 is 0 Å². The van der Waals surface area contributed by atoms with Crippen molar-refractivity contribution in [2.75, 3.05) is 0 Å². The Balaban J connectivity index is 2.18. The second kappa shape index (κ2) is 5.49. The number of hydrogen-bond acceptors (Lipinski definition) is 0. The zero-order valence-electron chi connectivity index (χ0n) is 11.5. The van der Waals surface area contributed by atoms with Crippen LogP contribution in [0.25, 0.3) is 22.3 Å². The first-order chi connectivity index (χ1) is 10.2. The molecular formula is C19H13F2. The minimum atomic E-state index is -0.308. The Kier molecular flexibility index (Phi) is 3.53. The lowest BCUT2D eigenvalue weighted by Crippen LogP contribution is -1.91. The van der Waals surface area contributed by atoms with Crippen molar-refractivity contribution in [1.29, 1.82) is 0 Å². The lowest BCUT2D eigenvalue weighted by atomic mass is 9.95. The molecular weight excluding hydrogens is 266 g/mol. The van der Waals surface area contributed by atoms with E-state index in [1.807, 2.05) is 13.0 Å². The fourth-order valence-corrected chi connectivity index (χ4v) is 2.35. The normalized spacial score (nSPS) is 10.6. The van der Waals surface area contributed by atoms with E-state index in [0.29, 0.717) is 22.3 Å². The third-order valence-corrected chi connectivity index (χ3v) is 3.46. The van der Waals surface area contributed by atoms with Crippen molar-refractivity contribution in [3.05, 3.63) is 83.9 Å². The van der Waals surface area contributed by atoms with E-state index in [1.54, 1.807) is 42.5 Å². The van der Waals surface area contributed by atoms with E-state index in [1.165, 1.54) is 12.1 Å². The Morgan fingerprint density at radius 2 is 1.29 bits per heavy atom. The molecule has 0 aliphatic rings. The number of rotatable bonds is 2. The molecule has 21 heavy (non-hydrogen) atoms. The molecule has 0 saturated carbocycles. The highest BCUT2D eigenvalue weighted by atomic mass is 19.1. The molecule has 0 aliphatic carbocycles. The molecule has 1 radical (unpaired) electrons. The average molecular weight is 279 g/mol. The average Bonchev–Trinajstić information content (AvgIpc) is 2.49. The fraction of sp³-hybridized carbons (Fsp3) is 0.0526. The van der Waals surface area contributed by atoms with Crippen molar-refractivity contribution in [2.45, 2.75) is 6.92 Å². The summed E-state index contributed by atoms with van der Waals surface area (Å²) in [6.07, 6.45) is 0. The van der Waals surface area contributed by atoms with E-state index in [9.17, 15) is 8.78 Å². The standard InChI is InChI=1S/C19H13F2/c1-13-10-11-14(15-6-2-4-8-18(15)20)12-17(13)16-7-3-5-9-19(16)21/h2-11H,1H3. The number of hydrogen-bond donors (Lipinski definition) is 0. The molecule has 0 aliphatic heterocycles. The SMILES string of the molecule is Cc1ccc(-c2ccccc2F)[c]c1-c1ccccc1F. The molecule has 0 fully saturated rings. The van der Waals surface area contributed by atoms with Crippen molar-refractivity contribution in [3.63, 3.8) is 0 Å². The summed E-state index contributed by atoms with van der Waals surface area (Å²) in [6, 6.07) is 19.9. The molecule has 0 atom stereocenters. The van der Waals surface area contributed by atoms with Crippen LogP contribution in [0.4, 0.5) is 8.78 Å². The summed E-state index contributed by atoms with van der Waals surface area (Å²) >= 11 is 0. The van der Waals surface area contributed by atoms with Gasteiger partial charge in [0.1, 0.15) is 11.6 Å². The fourth-order valence-electron chi connectivity index (χ4n) is 2.35. The van der Waals surface area contributed by atoms with Crippen LogP contribution in [0.1, 0.15) is 5.56 Å². The zero-order valence-corrected chi connectivity index (χ0v) is 11.5. The van der Waals surface area contributed by atoms with Gasteiger partial charge in [0.2, 0.25) is 0 Å². The van der Waals surface area contributed by atoms with Gasteiger partial charge in [-0.1, -0.05) is 48.5 Å². The number of benzene rings is 3. The van der Waals surface area contributed by atoms with Crippen LogP contribution in [0, 0.1) is 24.6 Å². The van der Waals surface area contributed by atoms with Crippen LogP contribution in [-0.4, -0.2) is 0 Å². The van der Waals surface area contributed by atoms with E-state index in [4.69, 9.17) is 0 Å². The van der Waals surface area contributed by atoms with Crippen molar-refractivity contribution in [3.8, 4) is 22.3 Å². The lowest BCUT2D eigenvalue weighted by Gasteiger charge is -2.10. The maximum absolute atomic E-state index is 14.0. The Hall–Kier alpha value is -2.48.